The van der Waals surface area contributed by atoms with Crippen molar-refractivity contribution in [2.24, 2.45) is 0 Å². The molecule has 0 amide bonds. The van der Waals surface area contributed by atoms with E-state index in [0.717, 1.165) is 30.8 Å². The number of benzene rings is 1. The highest BCUT2D eigenvalue weighted by Crippen LogP contribution is 2.33. The number of aromatic nitrogens is 2. The van der Waals surface area contributed by atoms with Crippen molar-refractivity contribution in [3.63, 3.8) is 0 Å². The van der Waals surface area contributed by atoms with Crippen molar-refractivity contribution in [2.75, 3.05) is 13.2 Å². The quantitative estimate of drug-likeness (QED) is 0.666. The summed E-state index contributed by atoms with van der Waals surface area (Å²) in [6, 6.07) is 13.8. The minimum atomic E-state index is -0.102. The maximum Gasteiger partial charge on any atom is 0.258 e. The summed E-state index contributed by atoms with van der Waals surface area (Å²) in [6.07, 6.45) is 3.85. The van der Waals surface area contributed by atoms with E-state index in [-0.39, 0.29) is 5.56 Å². The van der Waals surface area contributed by atoms with Gasteiger partial charge >= 0.3 is 0 Å². The third-order valence-corrected chi connectivity index (χ3v) is 5.20. The van der Waals surface area contributed by atoms with Gasteiger partial charge in [-0.25, -0.2) is 4.98 Å². The Hall–Kier alpha value is -2.37. The molecule has 0 radical (unpaired) electrons. The number of halogens is 1. The number of nitrogens with zero attached hydrogens (tertiary/aromatic N) is 3. The lowest BCUT2D eigenvalue weighted by atomic mass is 10.0. The Labute approximate surface area is 163 Å². The van der Waals surface area contributed by atoms with Crippen LogP contribution in [0.3, 0.4) is 0 Å². The molecule has 1 aliphatic heterocycles. The Balaban J connectivity index is 1.57. The average molecular weight is 384 g/mol. The summed E-state index contributed by atoms with van der Waals surface area (Å²) in [6.45, 7) is 4.31. The number of hydrogen-bond acceptors (Lipinski definition) is 4. The molecule has 0 spiro atoms. The maximum atomic E-state index is 12.4. The molecule has 3 aromatic rings. The largest absolute Gasteiger partial charge is 0.494 e. The van der Waals surface area contributed by atoms with Crippen molar-refractivity contribution in [1.29, 1.82) is 0 Å². The van der Waals surface area contributed by atoms with Gasteiger partial charge in [-0.1, -0.05) is 23.7 Å². The molecule has 4 rings (SSSR count). The second-order valence-electron chi connectivity index (χ2n) is 6.79. The maximum absolute atomic E-state index is 12.4. The van der Waals surface area contributed by atoms with Gasteiger partial charge in [0.1, 0.15) is 11.4 Å². The van der Waals surface area contributed by atoms with Gasteiger partial charge in [-0.15, -0.1) is 0 Å². The van der Waals surface area contributed by atoms with Crippen LogP contribution in [0.2, 0.25) is 5.02 Å². The van der Waals surface area contributed by atoms with E-state index in [1.165, 1.54) is 9.96 Å². The molecule has 0 aliphatic carbocycles. The first-order valence-corrected chi connectivity index (χ1v) is 9.66. The van der Waals surface area contributed by atoms with Crippen LogP contribution in [0.5, 0.6) is 5.75 Å². The monoisotopic (exact) mass is 383 g/mol. The number of hydrogen-bond donors (Lipinski definition) is 0. The fraction of sp³-hybridized carbons (Fsp3) is 0.333. The van der Waals surface area contributed by atoms with E-state index in [9.17, 15) is 4.79 Å². The Morgan fingerprint density at radius 3 is 2.81 bits per heavy atom. The zero-order valence-electron chi connectivity index (χ0n) is 15.3. The highest BCUT2D eigenvalue weighted by atomic mass is 35.5. The van der Waals surface area contributed by atoms with Crippen LogP contribution in [-0.2, 0) is 6.54 Å². The lowest BCUT2D eigenvalue weighted by Gasteiger charge is -2.24. The van der Waals surface area contributed by atoms with Crippen LogP contribution in [-0.4, -0.2) is 27.4 Å². The second-order valence-corrected chi connectivity index (χ2v) is 7.23. The Kier molecular flexibility index (Phi) is 5.14. The van der Waals surface area contributed by atoms with Gasteiger partial charge < -0.3 is 4.74 Å². The van der Waals surface area contributed by atoms with Crippen LogP contribution in [0, 0.1) is 0 Å². The van der Waals surface area contributed by atoms with E-state index in [4.69, 9.17) is 16.3 Å². The second kappa shape index (κ2) is 7.71. The number of likely N-dealkylation sites (tertiary alicyclic amines) is 1. The predicted molar refractivity (Wildman–Crippen MR) is 106 cm³/mol. The molecular weight excluding hydrogens is 362 g/mol. The zero-order valence-corrected chi connectivity index (χ0v) is 16.0. The van der Waals surface area contributed by atoms with Crippen molar-refractivity contribution >= 4 is 17.2 Å². The number of fused-ring (bicyclic) bond motifs is 1. The normalized spacial score (nSPS) is 17.5. The number of pyridine rings is 1. The first-order valence-electron chi connectivity index (χ1n) is 9.28. The van der Waals surface area contributed by atoms with Crippen molar-refractivity contribution < 1.29 is 4.74 Å². The van der Waals surface area contributed by atoms with Crippen LogP contribution in [0.1, 0.15) is 37.1 Å². The number of rotatable bonds is 5. The lowest BCUT2D eigenvalue weighted by Crippen LogP contribution is -2.25. The summed E-state index contributed by atoms with van der Waals surface area (Å²) in [7, 11) is 0. The fourth-order valence-electron chi connectivity index (χ4n) is 3.76. The zero-order chi connectivity index (χ0) is 18.8. The van der Waals surface area contributed by atoms with Gasteiger partial charge in [0.25, 0.3) is 5.56 Å². The van der Waals surface area contributed by atoms with E-state index in [2.05, 4.69) is 22.0 Å². The van der Waals surface area contributed by atoms with Gasteiger partial charge in [0.05, 0.1) is 17.3 Å². The fourth-order valence-corrected chi connectivity index (χ4v) is 3.92. The molecule has 1 aliphatic rings. The van der Waals surface area contributed by atoms with Crippen LogP contribution >= 0.6 is 11.6 Å². The predicted octanol–water partition coefficient (Wildman–Crippen LogP) is 4.08. The highest BCUT2D eigenvalue weighted by molar-refractivity contribution is 6.30. The molecule has 1 fully saturated rings. The van der Waals surface area contributed by atoms with Crippen molar-refractivity contribution in [1.82, 2.24) is 14.3 Å². The average Bonchev–Trinajstić information content (AvgIpc) is 3.11. The molecular formula is C21H22ClN3O2. The van der Waals surface area contributed by atoms with Gasteiger partial charge in [-0.3, -0.25) is 14.1 Å². The Morgan fingerprint density at radius 1 is 1.22 bits per heavy atom. The molecule has 0 bridgehead atoms. The highest BCUT2D eigenvalue weighted by Gasteiger charge is 2.26. The lowest BCUT2D eigenvalue weighted by molar-refractivity contribution is 0.245. The van der Waals surface area contributed by atoms with Crippen molar-refractivity contribution in [3.05, 3.63) is 75.3 Å². The van der Waals surface area contributed by atoms with Crippen molar-refractivity contribution in [2.45, 2.75) is 32.4 Å². The summed E-state index contributed by atoms with van der Waals surface area (Å²) in [5.41, 5.74) is 2.59. The van der Waals surface area contributed by atoms with Crippen LogP contribution in [0.4, 0.5) is 0 Å². The Morgan fingerprint density at radius 2 is 2.04 bits per heavy atom. The molecule has 2 aromatic heterocycles. The first-order chi connectivity index (χ1) is 13.1. The van der Waals surface area contributed by atoms with Crippen molar-refractivity contribution in [3.8, 4) is 5.75 Å². The third kappa shape index (κ3) is 3.84. The molecule has 5 nitrogen and oxygen atoms in total. The standard InChI is InChI=1S/C21H22ClN3O2/c1-2-27-18-8-5-15(6-9-18)19-4-3-11-24(19)14-17-12-21(26)25-13-16(22)7-10-20(25)23-17/h5-10,12-13,19H,2-4,11,14H2,1H3. The third-order valence-electron chi connectivity index (χ3n) is 4.98. The minimum Gasteiger partial charge on any atom is -0.494 e. The van der Waals surface area contributed by atoms with Gasteiger partial charge in [0.15, 0.2) is 0 Å². The van der Waals surface area contributed by atoms with E-state index < -0.39 is 0 Å². The smallest absolute Gasteiger partial charge is 0.258 e. The topological polar surface area (TPSA) is 46.8 Å². The molecule has 1 aromatic carbocycles. The first kappa shape index (κ1) is 18.0. The molecule has 1 saturated heterocycles. The molecule has 1 atom stereocenters. The van der Waals surface area contributed by atoms with E-state index in [1.807, 2.05) is 19.1 Å². The molecule has 6 heteroatoms. The molecule has 0 saturated carbocycles. The van der Waals surface area contributed by atoms with Crippen LogP contribution in [0.25, 0.3) is 5.65 Å². The summed E-state index contributed by atoms with van der Waals surface area (Å²) in [4.78, 5) is 19.5. The molecule has 0 N–H and O–H groups in total. The van der Waals surface area contributed by atoms with Crippen LogP contribution in [0.15, 0.2) is 53.5 Å². The molecule has 1 unspecified atom stereocenters. The van der Waals surface area contributed by atoms with Crippen LogP contribution < -0.4 is 10.3 Å². The van der Waals surface area contributed by atoms with Gasteiger partial charge in [0.2, 0.25) is 0 Å². The van der Waals surface area contributed by atoms with Gasteiger partial charge in [-0.2, -0.15) is 0 Å². The SMILES string of the molecule is CCOc1ccc(C2CCCN2Cc2cc(=O)n3cc(Cl)ccc3n2)cc1. The summed E-state index contributed by atoms with van der Waals surface area (Å²) in [5.74, 6) is 0.897. The van der Waals surface area contributed by atoms with E-state index in [0.29, 0.717) is 29.9 Å². The van der Waals surface area contributed by atoms with E-state index in [1.54, 1.807) is 24.4 Å². The molecule has 3 heterocycles. The number of ether oxygens (including phenoxy) is 1. The van der Waals surface area contributed by atoms with Gasteiger partial charge in [0, 0.05) is 24.8 Å². The summed E-state index contributed by atoms with van der Waals surface area (Å²) < 4.78 is 7.02. The summed E-state index contributed by atoms with van der Waals surface area (Å²) >= 11 is 5.98. The molecule has 140 valence electrons. The van der Waals surface area contributed by atoms with E-state index >= 15 is 0 Å². The van der Waals surface area contributed by atoms with Gasteiger partial charge in [-0.05, 0) is 56.1 Å². The minimum absolute atomic E-state index is 0.102. The summed E-state index contributed by atoms with van der Waals surface area (Å²) in [5, 5.41) is 0.522. The Bertz CT molecular complexity index is 1000. The molecule has 27 heavy (non-hydrogen) atoms.